The number of aryl methyl sites for hydroxylation is 1. The fourth-order valence-corrected chi connectivity index (χ4v) is 3.67. The molecule has 0 atom stereocenters. The number of fused-ring (bicyclic) bond motifs is 1. The number of hydrogen-bond acceptors (Lipinski definition) is 7. The van der Waals surface area contributed by atoms with Gasteiger partial charge < -0.3 is 10.5 Å². The first-order valence-electron chi connectivity index (χ1n) is 9.00. The summed E-state index contributed by atoms with van der Waals surface area (Å²) in [4.78, 5) is 28.8. The van der Waals surface area contributed by atoms with E-state index in [1.165, 1.54) is 21.9 Å². The van der Waals surface area contributed by atoms with Crippen LogP contribution in [0.15, 0.2) is 34.4 Å². The minimum Gasteiger partial charge on any atom is -0.490 e. The van der Waals surface area contributed by atoms with Crippen molar-refractivity contribution >= 4 is 34.0 Å². The van der Waals surface area contributed by atoms with Crippen molar-refractivity contribution in [3.8, 4) is 0 Å². The zero-order chi connectivity index (χ0) is 19.4. The minimum absolute atomic E-state index is 0.205. The normalized spacial score (nSPS) is 15.6. The highest BCUT2D eigenvalue weighted by Crippen LogP contribution is 2.22. The number of rotatable bonds is 7. The number of anilines is 1. The van der Waals surface area contributed by atoms with Gasteiger partial charge in [0.05, 0.1) is 12.2 Å². The molecule has 142 valence electrons. The van der Waals surface area contributed by atoms with Crippen LogP contribution >= 0.6 is 11.3 Å². The molecule has 2 aromatic heterocycles. The number of unbranched alkanes of at least 4 members (excludes halogenated alkanes) is 2. The maximum absolute atomic E-state index is 12.5. The Morgan fingerprint density at radius 2 is 2.07 bits per heavy atom. The number of ketones is 1. The van der Waals surface area contributed by atoms with Gasteiger partial charge in [-0.15, -0.1) is 0 Å². The van der Waals surface area contributed by atoms with Crippen LogP contribution < -0.4 is 11.3 Å². The monoisotopic (exact) mass is 386 g/mol. The molecular formula is C19H22N4O3S. The van der Waals surface area contributed by atoms with E-state index in [1.807, 2.05) is 0 Å². The van der Waals surface area contributed by atoms with Gasteiger partial charge in [-0.05, 0) is 37.1 Å². The molecule has 8 heteroatoms. The molecule has 0 aromatic carbocycles. The van der Waals surface area contributed by atoms with Crippen molar-refractivity contribution in [1.82, 2.24) is 14.6 Å². The fourth-order valence-electron chi connectivity index (χ4n) is 2.73. The van der Waals surface area contributed by atoms with Crippen molar-refractivity contribution in [3.63, 3.8) is 0 Å². The Kier molecular flexibility index (Phi) is 5.85. The third-order valence-electron chi connectivity index (χ3n) is 4.11. The van der Waals surface area contributed by atoms with Crippen molar-refractivity contribution in [2.45, 2.75) is 39.5 Å². The Morgan fingerprint density at radius 1 is 1.26 bits per heavy atom. The molecule has 0 saturated carbocycles. The number of carbonyl (C=O) groups is 1. The molecule has 2 N–H and O–H groups in total. The van der Waals surface area contributed by atoms with Crippen LogP contribution in [0, 0.1) is 0 Å². The molecule has 0 saturated heterocycles. The SMILES string of the molecule is CCCCCc1nn2c(N)c(C=C3C=CC(=O)C(OCC)=C3)c(=O)nc2s1. The molecule has 0 aliphatic heterocycles. The van der Waals surface area contributed by atoms with Crippen LogP contribution in [0.25, 0.3) is 11.0 Å². The van der Waals surface area contributed by atoms with Crippen LogP contribution in [0.5, 0.6) is 0 Å². The van der Waals surface area contributed by atoms with Crippen LogP contribution in [0.4, 0.5) is 5.82 Å². The number of aromatic nitrogens is 3. The van der Waals surface area contributed by atoms with Gasteiger partial charge in [0.25, 0.3) is 5.56 Å². The lowest BCUT2D eigenvalue weighted by molar-refractivity contribution is -0.114. The Balaban J connectivity index is 1.98. The quantitative estimate of drug-likeness (QED) is 0.735. The Morgan fingerprint density at radius 3 is 2.81 bits per heavy atom. The molecule has 0 unspecified atom stereocenters. The average Bonchev–Trinajstić information content (AvgIpc) is 3.04. The van der Waals surface area contributed by atoms with Gasteiger partial charge in [-0.2, -0.15) is 14.6 Å². The number of ether oxygens (including phenoxy) is 1. The molecule has 0 amide bonds. The number of allylic oxidation sites excluding steroid dienone is 4. The number of nitrogens with zero attached hydrogens (tertiary/aromatic N) is 3. The summed E-state index contributed by atoms with van der Waals surface area (Å²) in [7, 11) is 0. The predicted molar refractivity (Wildman–Crippen MR) is 107 cm³/mol. The van der Waals surface area contributed by atoms with E-state index in [4.69, 9.17) is 10.5 Å². The highest BCUT2D eigenvalue weighted by atomic mass is 32.1. The molecule has 0 spiro atoms. The van der Waals surface area contributed by atoms with Crippen molar-refractivity contribution in [2.75, 3.05) is 12.3 Å². The van der Waals surface area contributed by atoms with E-state index in [0.717, 1.165) is 30.7 Å². The van der Waals surface area contributed by atoms with E-state index in [1.54, 1.807) is 25.2 Å². The summed E-state index contributed by atoms with van der Waals surface area (Å²) in [6, 6.07) is 0. The Labute approximate surface area is 160 Å². The summed E-state index contributed by atoms with van der Waals surface area (Å²) in [5.41, 5.74) is 6.68. The first-order valence-corrected chi connectivity index (χ1v) is 9.82. The molecule has 0 fully saturated rings. The van der Waals surface area contributed by atoms with Gasteiger partial charge in [-0.1, -0.05) is 37.2 Å². The van der Waals surface area contributed by atoms with Gasteiger partial charge in [0.1, 0.15) is 10.8 Å². The van der Waals surface area contributed by atoms with E-state index in [2.05, 4.69) is 17.0 Å². The number of carbonyl (C=O) groups excluding carboxylic acids is 1. The van der Waals surface area contributed by atoms with Gasteiger partial charge in [0.2, 0.25) is 10.7 Å². The number of nitrogens with two attached hydrogens (primary N) is 1. The molecule has 0 bridgehead atoms. The second-order valence-electron chi connectivity index (χ2n) is 6.15. The molecule has 2 aromatic rings. The van der Waals surface area contributed by atoms with Crippen molar-refractivity contribution in [2.24, 2.45) is 0 Å². The summed E-state index contributed by atoms with van der Waals surface area (Å²) in [5.74, 6) is 0.279. The van der Waals surface area contributed by atoms with E-state index in [9.17, 15) is 9.59 Å². The number of nitrogen functional groups attached to an aromatic ring is 1. The summed E-state index contributed by atoms with van der Waals surface area (Å²) >= 11 is 1.39. The molecular weight excluding hydrogens is 364 g/mol. The maximum Gasteiger partial charge on any atom is 0.283 e. The lowest BCUT2D eigenvalue weighted by Gasteiger charge is -2.10. The van der Waals surface area contributed by atoms with Crippen molar-refractivity contribution in [1.29, 1.82) is 0 Å². The van der Waals surface area contributed by atoms with Crippen LogP contribution in [-0.4, -0.2) is 27.0 Å². The Bertz CT molecular complexity index is 1010. The van der Waals surface area contributed by atoms with Crippen LogP contribution in [0.2, 0.25) is 0 Å². The smallest absolute Gasteiger partial charge is 0.283 e. The zero-order valence-electron chi connectivity index (χ0n) is 15.4. The summed E-state index contributed by atoms with van der Waals surface area (Å²) in [5, 5.41) is 5.41. The lowest BCUT2D eigenvalue weighted by Crippen LogP contribution is -2.17. The van der Waals surface area contributed by atoms with Gasteiger partial charge in [0, 0.05) is 6.42 Å². The highest BCUT2D eigenvalue weighted by Gasteiger charge is 2.16. The summed E-state index contributed by atoms with van der Waals surface area (Å²) in [6.07, 6.45) is 10.4. The molecule has 0 radical (unpaired) electrons. The van der Waals surface area contributed by atoms with Gasteiger partial charge in [-0.25, -0.2) is 0 Å². The fraction of sp³-hybridized carbons (Fsp3) is 0.368. The summed E-state index contributed by atoms with van der Waals surface area (Å²) < 4.78 is 6.84. The largest absolute Gasteiger partial charge is 0.490 e. The third-order valence-corrected chi connectivity index (χ3v) is 5.07. The third kappa shape index (κ3) is 4.16. The molecule has 1 aliphatic rings. The molecule has 7 nitrogen and oxygen atoms in total. The molecule has 2 heterocycles. The van der Waals surface area contributed by atoms with E-state index >= 15 is 0 Å². The highest BCUT2D eigenvalue weighted by molar-refractivity contribution is 7.16. The minimum atomic E-state index is -0.416. The standard InChI is InChI=1S/C19H22N4O3S/c1-3-5-6-7-16-22-23-17(20)13(18(25)21-19(23)27-16)10-12-8-9-14(24)15(11-12)26-4-2/h8-11H,3-7,20H2,1-2H3. The van der Waals surface area contributed by atoms with Crippen molar-refractivity contribution < 1.29 is 9.53 Å². The van der Waals surface area contributed by atoms with E-state index in [0.29, 0.717) is 17.1 Å². The van der Waals surface area contributed by atoms with Gasteiger partial charge in [-0.3, -0.25) is 9.59 Å². The molecule has 1 aliphatic carbocycles. The molecule has 27 heavy (non-hydrogen) atoms. The van der Waals surface area contributed by atoms with Crippen LogP contribution in [0.1, 0.15) is 43.7 Å². The van der Waals surface area contributed by atoms with Crippen LogP contribution in [0.3, 0.4) is 0 Å². The number of hydrogen-bond donors (Lipinski definition) is 1. The lowest BCUT2D eigenvalue weighted by atomic mass is 10.0. The van der Waals surface area contributed by atoms with Crippen LogP contribution in [-0.2, 0) is 16.0 Å². The first kappa shape index (κ1) is 19.0. The molecule has 3 rings (SSSR count). The predicted octanol–water partition coefficient (Wildman–Crippen LogP) is 2.91. The second kappa shape index (κ2) is 8.30. The van der Waals surface area contributed by atoms with E-state index in [-0.39, 0.29) is 22.9 Å². The average molecular weight is 386 g/mol. The topological polar surface area (TPSA) is 99.6 Å². The zero-order valence-corrected chi connectivity index (χ0v) is 16.2. The first-order chi connectivity index (χ1) is 13.0. The maximum atomic E-state index is 12.5. The van der Waals surface area contributed by atoms with Crippen molar-refractivity contribution in [3.05, 3.63) is 50.5 Å². The van der Waals surface area contributed by atoms with E-state index < -0.39 is 5.56 Å². The summed E-state index contributed by atoms with van der Waals surface area (Å²) in [6.45, 7) is 4.34. The Hall–Kier alpha value is -2.74. The van der Waals surface area contributed by atoms with Gasteiger partial charge in [0.15, 0.2) is 5.76 Å². The second-order valence-corrected chi connectivity index (χ2v) is 7.19. The van der Waals surface area contributed by atoms with Gasteiger partial charge >= 0.3 is 0 Å².